The minimum absolute atomic E-state index is 0.311. The van der Waals surface area contributed by atoms with Crippen LogP contribution in [0.1, 0.15) is 0 Å². The Morgan fingerprint density at radius 2 is 1.37 bits per heavy atom. The zero-order chi connectivity index (χ0) is 19.1. The number of fused-ring (bicyclic) bond motifs is 2. The van der Waals surface area contributed by atoms with Gasteiger partial charge in [-0.2, -0.15) is 0 Å². The zero-order valence-electron chi connectivity index (χ0n) is 14.2. The number of halogens is 2. The van der Waals surface area contributed by atoms with Gasteiger partial charge in [0.25, 0.3) is 0 Å². The van der Waals surface area contributed by atoms with E-state index in [2.05, 4.69) is 0 Å². The SMILES string of the molecule is COc1ccc2cc(Cl)ccc2c1-c1c(S(=O)O)ccc2cc(Cl)ccc12. The Hall–Kier alpha value is -2.11. The second kappa shape index (κ2) is 7.13. The fourth-order valence-corrected chi connectivity index (χ4v) is 4.32. The molecule has 6 heteroatoms. The van der Waals surface area contributed by atoms with Gasteiger partial charge >= 0.3 is 0 Å². The van der Waals surface area contributed by atoms with Crippen LogP contribution in [0.2, 0.25) is 10.0 Å². The predicted molar refractivity (Wildman–Crippen MR) is 112 cm³/mol. The third kappa shape index (κ3) is 3.19. The molecule has 0 heterocycles. The van der Waals surface area contributed by atoms with Crippen LogP contribution in [0.5, 0.6) is 5.75 Å². The lowest BCUT2D eigenvalue weighted by atomic mass is 9.93. The highest BCUT2D eigenvalue weighted by atomic mass is 35.5. The topological polar surface area (TPSA) is 46.5 Å². The first kappa shape index (κ1) is 18.3. The lowest BCUT2D eigenvalue weighted by Gasteiger charge is -2.17. The van der Waals surface area contributed by atoms with Gasteiger partial charge in [-0.1, -0.05) is 47.5 Å². The average Bonchev–Trinajstić information content (AvgIpc) is 2.65. The van der Waals surface area contributed by atoms with Crippen molar-refractivity contribution >= 4 is 55.8 Å². The summed E-state index contributed by atoms with van der Waals surface area (Å²) in [6.07, 6.45) is 0. The van der Waals surface area contributed by atoms with Crippen LogP contribution in [0, 0.1) is 0 Å². The average molecular weight is 417 g/mol. The molecule has 0 radical (unpaired) electrons. The van der Waals surface area contributed by atoms with Crippen LogP contribution in [0.4, 0.5) is 0 Å². The summed E-state index contributed by atoms with van der Waals surface area (Å²) in [4.78, 5) is 0.311. The third-order valence-corrected chi connectivity index (χ3v) is 5.73. The molecule has 0 amide bonds. The number of benzene rings is 4. The summed E-state index contributed by atoms with van der Waals surface area (Å²) in [7, 11) is 1.58. The van der Waals surface area contributed by atoms with Gasteiger partial charge in [-0.05, 0) is 57.9 Å². The van der Waals surface area contributed by atoms with Gasteiger partial charge in [-0.3, -0.25) is 0 Å². The number of methoxy groups -OCH3 is 1. The zero-order valence-corrected chi connectivity index (χ0v) is 16.5. The second-order valence-corrected chi connectivity index (χ2v) is 7.87. The molecule has 0 aliphatic heterocycles. The van der Waals surface area contributed by atoms with Gasteiger partial charge in [0.05, 0.1) is 12.0 Å². The maximum absolute atomic E-state index is 12.1. The van der Waals surface area contributed by atoms with Crippen molar-refractivity contribution in [3.05, 3.63) is 70.7 Å². The van der Waals surface area contributed by atoms with Gasteiger partial charge in [0.1, 0.15) is 5.75 Å². The molecule has 0 spiro atoms. The highest BCUT2D eigenvalue weighted by molar-refractivity contribution is 7.79. The molecule has 0 bridgehead atoms. The van der Waals surface area contributed by atoms with E-state index in [0.29, 0.717) is 26.3 Å². The van der Waals surface area contributed by atoms with Crippen LogP contribution < -0.4 is 4.74 Å². The molecule has 4 aromatic rings. The summed E-state index contributed by atoms with van der Waals surface area (Å²) in [5.74, 6) is 0.610. The van der Waals surface area contributed by atoms with Crippen molar-refractivity contribution in [2.24, 2.45) is 0 Å². The lowest BCUT2D eigenvalue weighted by molar-refractivity contribution is 0.417. The Balaban J connectivity index is 2.22. The number of hydrogen-bond acceptors (Lipinski definition) is 2. The molecule has 3 nitrogen and oxygen atoms in total. The van der Waals surface area contributed by atoms with E-state index in [1.54, 1.807) is 31.4 Å². The highest BCUT2D eigenvalue weighted by Crippen LogP contribution is 2.44. The van der Waals surface area contributed by atoms with E-state index in [1.165, 1.54) is 0 Å². The maximum Gasteiger partial charge on any atom is 0.187 e. The fraction of sp³-hybridized carbons (Fsp3) is 0.0476. The van der Waals surface area contributed by atoms with Gasteiger partial charge in [0.15, 0.2) is 11.1 Å². The van der Waals surface area contributed by atoms with E-state index in [9.17, 15) is 8.76 Å². The largest absolute Gasteiger partial charge is 0.496 e. The molecule has 27 heavy (non-hydrogen) atoms. The number of ether oxygens (including phenoxy) is 1. The molecule has 0 aliphatic carbocycles. The van der Waals surface area contributed by atoms with Gasteiger partial charge in [0, 0.05) is 21.2 Å². The summed E-state index contributed by atoms with van der Waals surface area (Å²) < 4.78 is 27.7. The van der Waals surface area contributed by atoms with Crippen molar-refractivity contribution in [2.75, 3.05) is 7.11 Å². The van der Waals surface area contributed by atoms with Crippen LogP contribution in [-0.2, 0) is 11.1 Å². The van der Waals surface area contributed by atoms with Crippen molar-refractivity contribution in [1.82, 2.24) is 0 Å². The molecule has 1 unspecified atom stereocenters. The Morgan fingerprint density at radius 1 is 0.815 bits per heavy atom. The van der Waals surface area contributed by atoms with E-state index >= 15 is 0 Å². The molecule has 136 valence electrons. The molecule has 0 fully saturated rings. The fourth-order valence-electron chi connectivity index (χ4n) is 3.39. The molecule has 0 saturated heterocycles. The van der Waals surface area contributed by atoms with Crippen molar-refractivity contribution in [2.45, 2.75) is 4.90 Å². The smallest absolute Gasteiger partial charge is 0.187 e. The van der Waals surface area contributed by atoms with Gasteiger partial charge in [-0.25, -0.2) is 4.21 Å². The van der Waals surface area contributed by atoms with Crippen LogP contribution in [0.15, 0.2) is 65.6 Å². The maximum atomic E-state index is 12.1. The molecular weight excluding hydrogens is 403 g/mol. The first-order chi connectivity index (χ1) is 13.0. The molecule has 4 rings (SSSR count). The van der Waals surface area contributed by atoms with Gasteiger partial charge in [-0.15, -0.1) is 0 Å². The quantitative estimate of drug-likeness (QED) is 0.384. The van der Waals surface area contributed by atoms with Crippen LogP contribution in [0.25, 0.3) is 32.7 Å². The third-order valence-electron chi connectivity index (χ3n) is 4.55. The normalized spacial score (nSPS) is 12.4. The Bertz CT molecular complexity index is 1220. The van der Waals surface area contributed by atoms with Crippen molar-refractivity contribution in [3.63, 3.8) is 0 Å². The van der Waals surface area contributed by atoms with Crippen molar-refractivity contribution < 1.29 is 13.5 Å². The minimum atomic E-state index is -2.17. The summed E-state index contributed by atoms with van der Waals surface area (Å²) in [6.45, 7) is 0. The molecule has 1 atom stereocenters. The Labute approximate surface area is 168 Å². The van der Waals surface area contributed by atoms with E-state index < -0.39 is 11.1 Å². The first-order valence-corrected chi connectivity index (χ1v) is 9.95. The van der Waals surface area contributed by atoms with Crippen LogP contribution in [-0.4, -0.2) is 15.9 Å². The Kier molecular flexibility index (Phi) is 4.82. The van der Waals surface area contributed by atoms with E-state index in [-0.39, 0.29) is 0 Å². The van der Waals surface area contributed by atoms with Gasteiger partial charge < -0.3 is 9.29 Å². The lowest BCUT2D eigenvalue weighted by Crippen LogP contribution is -1.97. The van der Waals surface area contributed by atoms with E-state index in [1.807, 2.05) is 36.4 Å². The number of hydrogen-bond donors (Lipinski definition) is 1. The summed E-state index contributed by atoms with van der Waals surface area (Å²) in [5, 5.41) is 4.71. The number of rotatable bonds is 3. The minimum Gasteiger partial charge on any atom is -0.496 e. The molecule has 1 N–H and O–H groups in total. The Morgan fingerprint density at radius 3 is 1.93 bits per heavy atom. The van der Waals surface area contributed by atoms with Crippen LogP contribution in [0.3, 0.4) is 0 Å². The molecule has 4 aromatic carbocycles. The highest BCUT2D eigenvalue weighted by Gasteiger charge is 2.20. The first-order valence-electron chi connectivity index (χ1n) is 8.09. The van der Waals surface area contributed by atoms with Gasteiger partial charge in [0.2, 0.25) is 0 Å². The summed E-state index contributed by atoms with van der Waals surface area (Å²) >= 11 is 10.1. The van der Waals surface area contributed by atoms with Crippen LogP contribution >= 0.6 is 23.2 Å². The molecule has 0 aliphatic rings. The van der Waals surface area contributed by atoms with Crippen molar-refractivity contribution in [1.29, 1.82) is 0 Å². The van der Waals surface area contributed by atoms with E-state index in [4.69, 9.17) is 27.9 Å². The monoisotopic (exact) mass is 416 g/mol. The predicted octanol–water partition coefficient (Wildman–Crippen LogP) is 6.56. The molecular formula is C21H14Cl2O3S. The summed E-state index contributed by atoms with van der Waals surface area (Å²) in [5.41, 5.74) is 1.40. The molecule has 0 aromatic heterocycles. The molecule has 0 saturated carbocycles. The second-order valence-electron chi connectivity index (χ2n) is 6.06. The standard InChI is InChI=1S/C21H14Cl2O3S/c1-26-18-8-2-12-10-14(22)4-6-16(12)20(18)21-17-7-5-15(23)11-13(17)3-9-19(21)27(24)25/h2-11H,1H3,(H,24,25). The van der Waals surface area contributed by atoms with Crippen molar-refractivity contribution in [3.8, 4) is 16.9 Å². The summed E-state index contributed by atoms with van der Waals surface area (Å²) in [6, 6.07) is 18.2. The van der Waals surface area contributed by atoms with E-state index in [0.717, 1.165) is 27.1 Å².